The van der Waals surface area contributed by atoms with Crippen molar-refractivity contribution in [1.29, 1.82) is 0 Å². The van der Waals surface area contributed by atoms with E-state index in [0.717, 1.165) is 0 Å². The van der Waals surface area contributed by atoms with Crippen molar-refractivity contribution in [3.63, 3.8) is 0 Å². The monoisotopic (exact) mass is 177 g/mol. The summed E-state index contributed by atoms with van der Waals surface area (Å²) in [4.78, 5) is 10.4. The molecule has 0 aromatic carbocycles. The second-order valence-electron chi connectivity index (χ2n) is 1.80. The molecule has 2 nitrogen and oxygen atoms in total. The Balaban J connectivity index is 2.50. The Morgan fingerprint density at radius 3 is 2.82 bits per heavy atom. The van der Waals surface area contributed by atoms with Gasteiger partial charge in [0.2, 0.25) is 0 Å². The third-order valence-corrected chi connectivity index (χ3v) is 1.67. The molecule has 0 saturated carbocycles. The molecule has 0 bridgehead atoms. The van der Waals surface area contributed by atoms with E-state index in [-0.39, 0.29) is 0 Å². The molecule has 1 amide bonds. The Labute approximate surface area is 65.8 Å². The van der Waals surface area contributed by atoms with Crippen molar-refractivity contribution in [2.75, 3.05) is 5.32 Å². The first-order chi connectivity index (χ1) is 5.20. The van der Waals surface area contributed by atoms with Gasteiger partial charge in [-0.1, -0.05) is 0 Å². The van der Waals surface area contributed by atoms with Crippen LogP contribution >= 0.6 is 11.3 Å². The molecular formula is C6H5F2NOS. The van der Waals surface area contributed by atoms with Crippen LogP contribution in [0.25, 0.3) is 0 Å². The largest absolute Gasteiger partial charge is 0.320 e. The van der Waals surface area contributed by atoms with E-state index in [1.54, 1.807) is 16.8 Å². The molecule has 0 spiro atoms. The van der Waals surface area contributed by atoms with Crippen LogP contribution in [0.15, 0.2) is 16.8 Å². The van der Waals surface area contributed by atoms with Crippen LogP contribution in [0.3, 0.4) is 0 Å². The standard InChI is InChI=1S/C6H5F2NOS/c7-5(8)6(10)9-4-1-2-11-3-4/h1-3,5H,(H,9,10). The van der Waals surface area contributed by atoms with Gasteiger partial charge in [0, 0.05) is 5.38 Å². The quantitative estimate of drug-likeness (QED) is 0.735. The van der Waals surface area contributed by atoms with Crippen LogP contribution in [0.2, 0.25) is 0 Å². The molecule has 0 atom stereocenters. The summed E-state index contributed by atoms with van der Waals surface area (Å²) in [6, 6.07) is 1.56. The van der Waals surface area contributed by atoms with E-state index in [0.29, 0.717) is 5.69 Å². The lowest BCUT2D eigenvalue weighted by atomic mass is 10.5. The van der Waals surface area contributed by atoms with Gasteiger partial charge in [0.15, 0.2) is 0 Å². The normalized spacial score (nSPS) is 10.1. The van der Waals surface area contributed by atoms with Crippen molar-refractivity contribution in [3.05, 3.63) is 16.8 Å². The predicted molar refractivity (Wildman–Crippen MR) is 39.0 cm³/mol. The summed E-state index contributed by atoms with van der Waals surface area (Å²) in [6.07, 6.45) is -2.95. The van der Waals surface area contributed by atoms with Crippen molar-refractivity contribution in [2.24, 2.45) is 0 Å². The fourth-order valence-electron chi connectivity index (χ4n) is 0.532. The lowest BCUT2D eigenvalue weighted by Gasteiger charge is -1.98. The zero-order valence-corrected chi connectivity index (χ0v) is 6.20. The highest BCUT2D eigenvalue weighted by Crippen LogP contribution is 2.12. The molecule has 1 rings (SSSR count). The van der Waals surface area contributed by atoms with Gasteiger partial charge >= 0.3 is 6.43 Å². The Hall–Kier alpha value is -0.970. The van der Waals surface area contributed by atoms with Gasteiger partial charge in [-0.2, -0.15) is 20.1 Å². The van der Waals surface area contributed by atoms with E-state index in [4.69, 9.17) is 0 Å². The van der Waals surface area contributed by atoms with Crippen molar-refractivity contribution in [2.45, 2.75) is 6.43 Å². The average molecular weight is 177 g/mol. The molecule has 5 heteroatoms. The molecule has 60 valence electrons. The lowest BCUT2D eigenvalue weighted by Crippen LogP contribution is -2.19. The minimum atomic E-state index is -2.95. The summed E-state index contributed by atoms with van der Waals surface area (Å²) >= 11 is 1.33. The molecule has 0 aliphatic carbocycles. The fraction of sp³-hybridized carbons (Fsp3) is 0.167. The maximum Gasteiger partial charge on any atom is 0.315 e. The third kappa shape index (κ3) is 2.27. The molecule has 1 heterocycles. The van der Waals surface area contributed by atoms with E-state index in [2.05, 4.69) is 0 Å². The maximum absolute atomic E-state index is 11.6. The van der Waals surface area contributed by atoms with E-state index in [1.165, 1.54) is 11.3 Å². The summed E-state index contributed by atoms with van der Waals surface area (Å²) in [5.41, 5.74) is 0.417. The minimum Gasteiger partial charge on any atom is -0.320 e. The Kier molecular flexibility index (Phi) is 2.53. The van der Waals surface area contributed by atoms with E-state index >= 15 is 0 Å². The molecule has 11 heavy (non-hydrogen) atoms. The number of halogens is 2. The molecule has 1 aromatic heterocycles. The molecule has 0 saturated heterocycles. The van der Waals surface area contributed by atoms with Crippen molar-refractivity contribution in [3.8, 4) is 0 Å². The Morgan fingerprint density at radius 2 is 2.36 bits per heavy atom. The number of hydrogen-bond acceptors (Lipinski definition) is 2. The molecular weight excluding hydrogens is 172 g/mol. The van der Waals surface area contributed by atoms with Crippen LogP contribution in [0.4, 0.5) is 14.5 Å². The maximum atomic E-state index is 11.6. The van der Waals surface area contributed by atoms with Crippen LogP contribution < -0.4 is 5.32 Å². The topological polar surface area (TPSA) is 29.1 Å². The zero-order valence-electron chi connectivity index (χ0n) is 5.38. The number of hydrogen-bond donors (Lipinski definition) is 1. The smallest absolute Gasteiger partial charge is 0.315 e. The first kappa shape index (κ1) is 8.13. The Bertz CT molecular complexity index is 235. The molecule has 0 aliphatic heterocycles. The number of carbonyl (C=O) groups is 1. The molecule has 0 radical (unpaired) electrons. The van der Waals surface area contributed by atoms with Gasteiger partial charge in [-0.3, -0.25) is 4.79 Å². The summed E-state index contributed by atoms with van der Waals surface area (Å²) in [5, 5.41) is 5.32. The van der Waals surface area contributed by atoms with Gasteiger partial charge in [0.05, 0.1) is 5.69 Å². The van der Waals surface area contributed by atoms with Crippen LogP contribution in [0.1, 0.15) is 0 Å². The number of nitrogens with one attached hydrogen (secondary N) is 1. The fourth-order valence-corrected chi connectivity index (χ4v) is 1.12. The summed E-state index contributed by atoms with van der Waals surface area (Å²) < 4.78 is 23.2. The highest BCUT2D eigenvalue weighted by molar-refractivity contribution is 7.08. The number of rotatable bonds is 2. The Morgan fingerprint density at radius 1 is 1.64 bits per heavy atom. The highest BCUT2D eigenvalue weighted by atomic mass is 32.1. The van der Waals surface area contributed by atoms with E-state index in [9.17, 15) is 13.6 Å². The number of amides is 1. The second kappa shape index (κ2) is 3.43. The number of thiophene rings is 1. The summed E-state index contributed by atoms with van der Waals surface area (Å²) in [5.74, 6) is -1.26. The predicted octanol–water partition coefficient (Wildman–Crippen LogP) is 1.95. The first-order valence-corrected chi connectivity index (χ1v) is 3.75. The highest BCUT2D eigenvalue weighted by Gasteiger charge is 2.14. The summed E-state index contributed by atoms with van der Waals surface area (Å²) in [6.45, 7) is 0. The van der Waals surface area contributed by atoms with Gasteiger partial charge in [-0.05, 0) is 11.4 Å². The van der Waals surface area contributed by atoms with Crippen molar-refractivity contribution in [1.82, 2.24) is 0 Å². The second-order valence-corrected chi connectivity index (χ2v) is 2.58. The molecule has 1 N–H and O–H groups in total. The lowest BCUT2D eigenvalue weighted by molar-refractivity contribution is -0.126. The average Bonchev–Trinajstić information content (AvgIpc) is 2.39. The van der Waals surface area contributed by atoms with Crippen LogP contribution in [-0.4, -0.2) is 12.3 Å². The zero-order chi connectivity index (χ0) is 8.27. The molecule has 1 aromatic rings. The number of anilines is 1. The molecule has 0 aliphatic rings. The first-order valence-electron chi connectivity index (χ1n) is 2.81. The van der Waals surface area contributed by atoms with Gasteiger partial charge in [0.1, 0.15) is 0 Å². The third-order valence-electron chi connectivity index (χ3n) is 0.987. The van der Waals surface area contributed by atoms with Gasteiger partial charge in [-0.25, -0.2) is 0 Å². The van der Waals surface area contributed by atoms with Gasteiger partial charge in [-0.15, -0.1) is 0 Å². The number of alkyl halides is 2. The molecule has 0 unspecified atom stereocenters. The molecule has 0 fully saturated rings. The van der Waals surface area contributed by atoms with Gasteiger partial charge < -0.3 is 5.32 Å². The number of carbonyl (C=O) groups excluding carboxylic acids is 1. The van der Waals surface area contributed by atoms with Crippen LogP contribution in [0.5, 0.6) is 0 Å². The van der Waals surface area contributed by atoms with E-state index in [1.807, 2.05) is 5.32 Å². The van der Waals surface area contributed by atoms with Crippen LogP contribution in [-0.2, 0) is 4.79 Å². The van der Waals surface area contributed by atoms with Gasteiger partial charge in [0.25, 0.3) is 5.91 Å². The summed E-state index contributed by atoms with van der Waals surface area (Å²) in [7, 11) is 0. The van der Waals surface area contributed by atoms with E-state index < -0.39 is 12.3 Å². The minimum absolute atomic E-state index is 0.417. The van der Waals surface area contributed by atoms with Crippen molar-refractivity contribution < 1.29 is 13.6 Å². The van der Waals surface area contributed by atoms with Crippen LogP contribution in [0, 0.1) is 0 Å². The van der Waals surface area contributed by atoms with Crippen molar-refractivity contribution >= 4 is 22.9 Å². The SMILES string of the molecule is O=C(Nc1ccsc1)C(F)F.